The van der Waals surface area contributed by atoms with Gasteiger partial charge in [-0.3, -0.25) is 4.79 Å². The van der Waals surface area contributed by atoms with E-state index in [1.807, 2.05) is 6.92 Å². The molecule has 1 aliphatic rings. The van der Waals surface area contributed by atoms with Crippen molar-refractivity contribution in [3.63, 3.8) is 0 Å². The fourth-order valence-corrected chi connectivity index (χ4v) is 2.29. The highest BCUT2D eigenvalue weighted by molar-refractivity contribution is 5.70. The average Bonchev–Trinajstić information content (AvgIpc) is 2.09. The van der Waals surface area contributed by atoms with Gasteiger partial charge in [0.05, 0.1) is 5.92 Å². The lowest BCUT2D eigenvalue weighted by atomic mass is 9.87. The van der Waals surface area contributed by atoms with Gasteiger partial charge in [-0.25, -0.2) is 0 Å². The van der Waals surface area contributed by atoms with Crippen LogP contribution in [0, 0.1) is 5.92 Å². The molecule has 0 heterocycles. The predicted molar refractivity (Wildman–Crippen MR) is 56.3 cm³/mol. The average molecular weight is 199 g/mol. The molecule has 1 fully saturated rings. The number of carbonyl (C=O) groups is 1. The van der Waals surface area contributed by atoms with Crippen LogP contribution in [-0.2, 0) is 4.79 Å². The van der Waals surface area contributed by atoms with Crippen molar-refractivity contribution < 1.29 is 9.90 Å². The van der Waals surface area contributed by atoms with Crippen molar-refractivity contribution in [1.82, 2.24) is 5.32 Å². The second-order valence-corrected chi connectivity index (χ2v) is 4.10. The minimum Gasteiger partial charge on any atom is -0.481 e. The maximum atomic E-state index is 11.1. The van der Waals surface area contributed by atoms with Crippen LogP contribution in [-0.4, -0.2) is 23.7 Å². The Morgan fingerprint density at radius 1 is 1.29 bits per heavy atom. The summed E-state index contributed by atoms with van der Waals surface area (Å²) in [5.74, 6) is -0.798. The highest BCUT2D eigenvalue weighted by atomic mass is 16.4. The Hall–Kier alpha value is -0.570. The normalized spacial score (nSPS) is 29.2. The largest absolute Gasteiger partial charge is 0.481 e. The number of hydrogen-bond donors (Lipinski definition) is 2. The molecule has 0 amide bonds. The molecule has 2 atom stereocenters. The number of carboxylic acid groups (broad SMARTS) is 1. The Labute approximate surface area is 85.9 Å². The quantitative estimate of drug-likeness (QED) is 0.731. The number of nitrogens with one attached hydrogen (secondary N) is 1. The molecule has 0 saturated heterocycles. The van der Waals surface area contributed by atoms with Crippen molar-refractivity contribution in [3.8, 4) is 0 Å². The molecule has 1 saturated carbocycles. The van der Waals surface area contributed by atoms with E-state index in [1.165, 1.54) is 19.3 Å². The molecule has 14 heavy (non-hydrogen) atoms. The van der Waals surface area contributed by atoms with E-state index in [1.54, 1.807) is 0 Å². The first-order chi connectivity index (χ1) is 6.75. The highest BCUT2D eigenvalue weighted by Crippen LogP contribution is 2.23. The van der Waals surface area contributed by atoms with Gasteiger partial charge in [-0.1, -0.05) is 32.6 Å². The summed E-state index contributed by atoms with van der Waals surface area (Å²) < 4.78 is 0. The molecule has 0 bridgehead atoms. The molecule has 0 aromatic heterocycles. The van der Waals surface area contributed by atoms with Crippen LogP contribution in [0.5, 0.6) is 0 Å². The maximum absolute atomic E-state index is 11.1. The molecular formula is C11H21NO2. The van der Waals surface area contributed by atoms with Gasteiger partial charge in [-0.15, -0.1) is 0 Å². The monoisotopic (exact) mass is 199 g/mol. The Morgan fingerprint density at radius 2 is 1.93 bits per heavy atom. The van der Waals surface area contributed by atoms with Crippen LogP contribution >= 0.6 is 0 Å². The summed E-state index contributed by atoms with van der Waals surface area (Å²) in [6.45, 7) is 2.91. The third-order valence-corrected chi connectivity index (χ3v) is 3.05. The van der Waals surface area contributed by atoms with E-state index >= 15 is 0 Å². The maximum Gasteiger partial charge on any atom is 0.308 e. The third-order valence-electron chi connectivity index (χ3n) is 3.05. The molecule has 0 aliphatic heterocycles. The minimum atomic E-state index is -0.627. The van der Waals surface area contributed by atoms with E-state index in [9.17, 15) is 4.79 Å². The lowest BCUT2D eigenvalue weighted by molar-refractivity contribution is -0.143. The van der Waals surface area contributed by atoms with Crippen LogP contribution in [0.4, 0.5) is 0 Å². The molecule has 0 aromatic rings. The molecule has 2 N–H and O–H groups in total. The molecule has 0 aromatic carbocycles. The van der Waals surface area contributed by atoms with Crippen LogP contribution in [0.3, 0.4) is 0 Å². The number of aliphatic carboxylic acids is 1. The fourth-order valence-electron chi connectivity index (χ4n) is 2.29. The Bertz CT molecular complexity index is 182. The summed E-state index contributed by atoms with van der Waals surface area (Å²) in [6.07, 6.45) is 6.55. The van der Waals surface area contributed by atoms with Gasteiger partial charge in [-0.05, 0) is 19.4 Å². The van der Waals surface area contributed by atoms with Crippen LogP contribution in [0.1, 0.15) is 45.4 Å². The summed E-state index contributed by atoms with van der Waals surface area (Å²) in [4.78, 5) is 11.1. The first kappa shape index (κ1) is 11.5. The van der Waals surface area contributed by atoms with Gasteiger partial charge in [0, 0.05) is 6.04 Å². The molecule has 3 nitrogen and oxygen atoms in total. The van der Waals surface area contributed by atoms with Crippen LogP contribution in [0.25, 0.3) is 0 Å². The van der Waals surface area contributed by atoms with Crippen LogP contribution < -0.4 is 5.32 Å². The predicted octanol–water partition coefficient (Wildman–Crippen LogP) is 2.02. The Kier molecular flexibility index (Phi) is 4.94. The standard InChI is InChI=1S/C11H21NO2/c1-2-12-10-8-6-4-3-5-7-9(10)11(13)14/h9-10,12H,2-8H2,1H3,(H,13,14)/t9-,10+/m0/s1. The second-order valence-electron chi connectivity index (χ2n) is 4.10. The Morgan fingerprint density at radius 3 is 2.50 bits per heavy atom. The second kappa shape index (κ2) is 6.02. The van der Waals surface area contributed by atoms with Gasteiger partial charge < -0.3 is 10.4 Å². The summed E-state index contributed by atoms with van der Waals surface area (Å²) >= 11 is 0. The van der Waals surface area contributed by atoms with Crippen molar-refractivity contribution in [2.45, 2.75) is 51.5 Å². The highest BCUT2D eigenvalue weighted by Gasteiger charge is 2.27. The fraction of sp³-hybridized carbons (Fsp3) is 0.909. The van der Waals surface area contributed by atoms with Gasteiger partial charge >= 0.3 is 5.97 Å². The van der Waals surface area contributed by atoms with Gasteiger partial charge in [0.15, 0.2) is 0 Å². The Balaban J connectivity index is 2.55. The molecule has 0 radical (unpaired) electrons. The van der Waals surface area contributed by atoms with Crippen molar-refractivity contribution in [3.05, 3.63) is 0 Å². The third kappa shape index (κ3) is 3.29. The van der Waals surface area contributed by atoms with Crippen molar-refractivity contribution in [2.24, 2.45) is 5.92 Å². The van der Waals surface area contributed by atoms with Crippen molar-refractivity contribution in [2.75, 3.05) is 6.54 Å². The van der Waals surface area contributed by atoms with Gasteiger partial charge in [-0.2, -0.15) is 0 Å². The number of hydrogen-bond acceptors (Lipinski definition) is 2. The summed E-state index contributed by atoms with van der Waals surface area (Å²) in [6, 6.07) is 0.192. The van der Waals surface area contributed by atoms with Crippen LogP contribution in [0.15, 0.2) is 0 Å². The lowest BCUT2D eigenvalue weighted by Crippen LogP contribution is -2.40. The molecular weight excluding hydrogens is 178 g/mol. The lowest BCUT2D eigenvalue weighted by Gasteiger charge is -2.26. The van der Waals surface area contributed by atoms with Crippen molar-refractivity contribution >= 4 is 5.97 Å². The smallest absolute Gasteiger partial charge is 0.308 e. The summed E-state index contributed by atoms with van der Waals surface area (Å²) in [5, 5.41) is 12.4. The van der Waals surface area contributed by atoms with E-state index in [2.05, 4.69) is 5.32 Å². The SMILES string of the molecule is CCN[C@@H]1CCCCCC[C@@H]1C(=O)O. The minimum absolute atomic E-state index is 0.171. The topological polar surface area (TPSA) is 49.3 Å². The molecule has 3 heteroatoms. The zero-order valence-corrected chi connectivity index (χ0v) is 8.96. The number of carboxylic acids is 1. The summed E-state index contributed by atoms with van der Waals surface area (Å²) in [5.41, 5.74) is 0. The first-order valence-corrected chi connectivity index (χ1v) is 5.72. The zero-order valence-electron chi connectivity index (χ0n) is 8.96. The van der Waals surface area contributed by atoms with Crippen molar-refractivity contribution in [1.29, 1.82) is 0 Å². The van der Waals surface area contributed by atoms with Gasteiger partial charge in [0.2, 0.25) is 0 Å². The number of rotatable bonds is 3. The zero-order chi connectivity index (χ0) is 10.4. The van der Waals surface area contributed by atoms with Crippen LogP contribution in [0.2, 0.25) is 0 Å². The molecule has 1 aliphatic carbocycles. The summed E-state index contributed by atoms with van der Waals surface area (Å²) in [7, 11) is 0. The molecule has 82 valence electrons. The van der Waals surface area contributed by atoms with Gasteiger partial charge in [0.25, 0.3) is 0 Å². The van der Waals surface area contributed by atoms with E-state index < -0.39 is 5.97 Å². The van der Waals surface area contributed by atoms with E-state index in [4.69, 9.17) is 5.11 Å². The molecule has 0 unspecified atom stereocenters. The van der Waals surface area contributed by atoms with E-state index in [-0.39, 0.29) is 12.0 Å². The first-order valence-electron chi connectivity index (χ1n) is 5.72. The van der Waals surface area contributed by atoms with E-state index in [0.29, 0.717) is 0 Å². The van der Waals surface area contributed by atoms with E-state index in [0.717, 1.165) is 25.8 Å². The van der Waals surface area contributed by atoms with Gasteiger partial charge in [0.1, 0.15) is 0 Å². The molecule has 0 spiro atoms. The molecule has 1 rings (SSSR count).